The number of carboxylic acid groups (broad SMARTS) is 1. The minimum absolute atomic E-state index is 0.00759. The predicted octanol–water partition coefficient (Wildman–Crippen LogP) is 5.69. The van der Waals surface area contributed by atoms with Crippen molar-refractivity contribution in [3.8, 4) is 0 Å². The van der Waals surface area contributed by atoms with Gasteiger partial charge in [0.05, 0.1) is 6.04 Å². The molecule has 2 aromatic carbocycles. The summed E-state index contributed by atoms with van der Waals surface area (Å²) in [5.41, 5.74) is 1.65. The van der Waals surface area contributed by atoms with Crippen LogP contribution in [0.1, 0.15) is 65.5 Å². The van der Waals surface area contributed by atoms with E-state index >= 15 is 0 Å². The lowest BCUT2D eigenvalue weighted by molar-refractivity contribution is -0.141. The summed E-state index contributed by atoms with van der Waals surface area (Å²) in [5.74, 6) is -1.96. The molecule has 2 unspecified atom stereocenters. The topological polar surface area (TPSA) is 57.6 Å². The van der Waals surface area contributed by atoms with Crippen LogP contribution in [0, 0.1) is 0 Å². The Bertz CT molecular complexity index is 924. The highest BCUT2D eigenvalue weighted by Crippen LogP contribution is 2.47. The zero-order valence-electron chi connectivity index (χ0n) is 15.3. The van der Waals surface area contributed by atoms with Crippen molar-refractivity contribution in [3.63, 3.8) is 0 Å². The normalized spacial score (nSPS) is 22.8. The smallest absolute Gasteiger partial charge is 0.313 e. The molecule has 1 aliphatic carbocycles. The molecular weight excluding hydrogens is 397 g/mol. The predicted molar refractivity (Wildman–Crippen MR) is 109 cm³/mol. The van der Waals surface area contributed by atoms with Crippen LogP contribution in [0.25, 0.3) is 0 Å². The molecule has 1 N–H and O–H groups in total. The van der Waals surface area contributed by atoms with E-state index < -0.39 is 17.9 Å². The van der Waals surface area contributed by atoms with Crippen LogP contribution in [-0.2, 0) is 4.79 Å². The maximum atomic E-state index is 13.5. The van der Waals surface area contributed by atoms with Gasteiger partial charge in [0.2, 0.25) is 0 Å². The molecule has 2 atom stereocenters. The Morgan fingerprint density at radius 3 is 2.39 bits per heavy atom. The quantitative estimate of drug-likeness (QED) is 0.697. The lowest BCUT2D eigenvalue weighted by Gasteiger charge is -2.46. The Labute approximate surface area is 174 Å². The molecule has 0 aromatic heterocycles. The Balaban J connectivity index is 1.93. The van der Waals surface area contributed by atoms with Gasteiger partial charge in [-0.05, 0) is 42.2 Å². The highest BCUT2D eigenvalue weighted by Gasteiger charge is 2.47. The van der Waals surface area contributed by atoms with Crippen molar-refractivity contribution >= 4 is 35.1 Å². The van der Waals surface area contributed by atoms with Gasteiger partial charge in [0.25, 0.3) is 5.91 Å². The fourth-order valence-electron chi connectivity index (χ4n) is 4.65. The second-order valence-corrected chi connectivity index (χ2v) is 8.36. The lowest BCUT2D eigenvalue weighted by Crippen LogP contribution is -2.50. The van der Waals surface area contributed by atoms with Gasteiger partial charge in [-0.3, -0.25) is 9.59 Å². The fraction of sp³-hybridized carbons (Fsp3) is 0.364. The number of nitrogens with zero attached hydrogens (tertiary/aromatic N) is 1. The molecule has 0 radical (unpaired) electrons. The van der Waals surface area contributed by atoms with Crippen molar-refractivity contribution in [1.82, 2.24) is 4.90 Å². The molecular formula is C22H21Cl2NO3. The molecule has 6 heteroatoms. The van der Waals surface area contributed by atoms with E-state index in [2.05, 4.69) is 0 Å². The molecule has 2 aromatic rings. The molecule has 1 amide bonds. The van der Waals surface area contributed by atoms with Crippen molar-refractivity contribution in [2.24, 2.45) is 0 Å². The van der Waals surface area contributed by atoms with Crippen LogP contribution in [0.5, 0.6) is 0 Å². The Morgan fingerprint density at radius 1 is 1.00 bits per heavy atom. The fourth-order valence-corrected chi connectivity index (χ4v) is 5.17. The average Bonchev–Trinajstić information content (AvgIpc) is 2.68. The van der Waals surface area contributed by atoms with Crippen LogP contribution in [0.15, 0.2) is 42.5 Å². The summed E-state index contributed by atoms with van der Waals surface area (Å²) in [6.07, 6.45) is 4.97. The number of carbonyl (C=O) groups is 2. The molecule has 0 bridgehead atoms. The van der Waals surface area contributed by atoms with E-state index in [9.17, 15) is 14.7 Å². The Hall–Kier alpha value is -2.04. The number of carbonyl (C=O) groups excluding carboxylic acids is 1. The second kappa shape index (κ2) is 7.76. The summed E-state index contributed by atoms with van der Waals surface area (Å²) < 4.78 is 0. The van der Waals surface area contributed by atoms with Crippen LogP contribution in [0.3, 0.4) is 0 Å². The maximum absolute atomic E-state index is 13.5. The molecule has 1 fully saturated rings. The van der Waals surface area contributed by atoms with Gasteiger partial charge in [0.15, 0.2) is 0 Å². The van der Waals surface area contributed by atoms with Crippen molar-refractivity contribution in [1.29, 1.82) is 0 Å². The summed E-state index contributed by atoms with van der Waals surface area (Å²) in [4.78, 5) is 27.7. The number of fused-ring (bicyclic) bond motifs is 1. The third-order valence-electron chi connectivity index (χ3n) is 5.89. The highest BCUT2D eigenvalue weighted by atomic mass is 35.5. The van der Waals surface area contributed by atoms with E-state index in [1.165, 1.54) is 0 Å². The largest absolute Gasteiger partial charge is 0.481 e. The van der Waals surface area contributed by atoms with E-state index in [-0.39, 0.29) is 11.9 Å². The Morgan fingerprint density at radius 2 is 1.71 bits per heavy atom. The maximum Gasteiger partial charge on any atom is 0.313 e. The lowest BCUT2D eigenvalue weighted by atomic mass is 9.77. The molecule has 1 aliphatic heterocycles. The van der Waals surface area contributed by atoms with Crippen LogP contribution in [0.2, 0.25) is 10.0 Å². The minimum Gasteiger partial charge on any atom is -0.481 e. The van der Waals surface area contributed by atoms with Gasteiger partial charge >= 0.3 is 5.97 Å². The first-order valence-electron chi connectivity index (χ1n) is 9.58. The zero-order chi connectivity index (χ0) is 19.8. The number of rotatable bonds is 3. The van der Waals surface area contributed by atoms with Crippen molar-refractivity contribution in [2.75, 3.05) is 0 Å². The van der Waals surface area contributed by atoms with Crippen LogP contribution >= 0.6 is 23.2 Å². The average molecular weight is 418 g/mol. The molecule has 2 aliphatic rings. The molecule has 0 spiro atoms. The molecule has 1 heterocycles. The van der Waals surface area contributed by atoms with Crippen molar-refractivity contribution < 1.29 is 14.7 Å². The van der Waals surface area contributed by atoms with Crippen LogP contribution in [0.4, 0.5) is 0 Å². The Kier molecular flexibility index (Phi) is 5.35. The molecule has 4 nitrogen and oxygen atoms in total. The number of hydrogen-bond donors (Lipinski definition) is 1. The summed E-state index contributed by atoms with van der Waals surface area (Å²) >= 11 is 12.6. The van der Waals surface area contributed by atoms with Gasteiger partial charge in [-0.25, -0.2) is 0 Å². The van der Waals surface area contributed by atoms with Gasteiger partial charge in [-0.1, -0.05) is 66.7 Å². The number of halogens is 2. The SMILES string of the molecule is O=C(O)C1c2ccccc2C(=O)N(C2CCCCC2)C1c1ccc(Cl)cc1Cl. The van der Waals surface area contributed by atoms with Crippen molar-refractivity contribution in [3.05, 3.63) is 69.2 Å². The van der Waals surface area contributed by atoms with E-state index in [4.69, 9.17) is 23.2 Å². The monoisotopic (exact) mass is 417 g/mol. The number of amides is 1. The number of carboxylic acids is 1. The molecule has 0 saturated heterocycles. The highest BCUT2D eigenvalue weighted by molar-refractivity contribution is 6.35. The summed E-state index contributed by atoms with van der Waals surface area (Å²) in [5, 5.41) is 11.0. The van der Waals surface area contributed by atoms with Gasteiger partial charge in [0, 0.05) is 21.7 Å². The third kappa shape index (κ3) is 3.29. The van der Waals surface area contributed by atoms with Crippen LogP contribution in [-0.4, -0.2) is 27.9 Å². The van der Waals surface area contributed by atoms with Crippen LogP contribution < -0.4 is 0 Å². The first kappa shape index (κ1) is 19.3. The molecule has 146 valence electrons. The molecule has 28 heavy (non-hydrogen) atoms. The van der Waals surface area contributed by atoms with Gasteiger partial charge in [-0.2, -0.15) is 0 Å². The first-order chi connectivity index (χ1) is 13.5. The van der Waals surface area contributed by atoms with E-state index in [1.54, 1.807) is 47.4 Å². The minimum atomic E-state index is -0.961. The molecule has 1 saturated carbocycles. The summed E-state index contributed by atoms with van der Waals surface area (Å²) in [6.45, 7) is 0. The second-order valence-electron chi connectivity index (χ2n) is 7.52. The van der Waals surface area contributed by atoms with E-state index in [1.807, 2.05) is 0 Å². The number of hydrogen-bond acceptors (Lipinski definition) is 2. The van der Waals surface area contributed by atoms with Crippen molar-refractivity contribution in [2.45, 2.75) is 50.1 Å². The standard InChI is InChI=1S/C22H21Cl2NO3/c23-13-10-11-17(18(24)12-13)20-19(22(27)28)15-8-4-5-9-16(15)21(26)25(20)14-6-2-1-3-7-14/h4-5,8-12,14,19-20H,1-3,6-7H2,(H,27,28). The third-order valence-corrected chi connectivity index (χ3v) is 6.45. The van der Waals surface area contributed by atoms with Gasteiger partial charge in [0.1, 0.15) is 5.92 Å². The van der Waals surface area contributed by atoms with E-state index in [0.29, 0.717) is 26.7 Å². The summed E-state index contributed by atoms with van der Waals surface area (Å²) in [6, 6.07) is 11.4. The number of aliphatic carboxylic acids is 1. The van der Waals surface area contributed by atoms with Gasteiger partial charge < -0.3 is 10.0 Å². The van der Waals surface area contributed by atoms with Gasteiger partial charge in [-0.15, -0.1) is 0 Å². The first-order valence-corrected chi connectivity index (χ1v) is 10.3. The number of benzene rings is 2. The van der Waals surface area contributed by atoms with E-state index in [0.717, 1.165) is 32.1 Å². The summed E-state index contributed by atoms with van der Waals surface area (Å²) in [7, 11) is 0. The molecule has 4 rings (SSSR count). The zero-order valence-corrected chi connectivity index (χ0v) is 16.8.